The van der Waals surface area contributed by atoms with Crippen molar-refractivity contribution in [3.63, 3.8) is 0 Å². The molecule has 1 saturated heterocycles. The number of anilines is 1. The van der Waals surface area contributed by atoms with Crippen molar-refractivity contribution in [2.75, 3.05) is 25.1 Å². The molecule has 1 aliphatic heterocycles. The first-order valence-corrected chi connectivity index (χ1v) is 7.82. The van der Waals surface area contributed by atoms with Crippen molar-refractivity contribution >= 4 is 12.3 Å². The fraction of sp³-hybridized carbons (Fsp3) is 0.688. The lowest BCUT2D eigenvalue weighted by molar-refractivity contribution is -0.122. The van der Waals surface area contributed by atoms with Gasteiger partial charge in [-0.2, -0.15) is 5.10 Å². The fourth-order valence-electron chi connectivity index (χ4n) is 2.33. The maximum absolute atomic E-state index is 8.36. The second-order valence-electron chi connectivity index (χ2n) is 5.78. The average Bonchev–Trinajstić information content (AvgIpc) is 2.54. The average molecular weight is 309 g/mol. The number of hydrogen-bond donors (Lipinski definition) is 1. The van der Waals surface area contributed by atoms with Gasteiger partial charge in [-0.1, -0.05) is 13.8 Å². The molecule has 1 atom stereocenters. The summed E-state index contributed by atoms with van der Waals surface area (Å²) in [7, 11) is 2.07. The first-order chi connectivity index (χ1) is 10.6. The molecular formula is C16H27N3O3. The standard InChI is InChI=1S/C15H25N3O.CH2O2/c1-12(2)14-7-8-15(17-16-14)18(3)10-9-13-6-4-5-11-19-13;2-1-3/h7-8,12-13H,4-6,9-11H2,1-3H3;1H,(H,2,3). The highest BCUT2D eigenvalue weighted by atomic mass is 16.5. The van der Waals surface area contributed by atoms with Gasteiger partial charge in [0.05, 0.1) is 11.8 Å². The number of ether oxygens (including phenoxy) is 1. The van der Waals surface area contributed by atoms with E-state index in [4.69, 9.17) is 14.6 Å². The van der Waals surface area contributed by atoms with Crippen molar-refractivity contribution in [3.8, 4) is 0 Å². The van der Waals surface area contributed by atoms with Crippen LogP contribution < -0.4 is 4.90 Å². The summed E-state index contributed by atoms with van der Waals surface area (Å²) in [5.41, 5.74) is 1.05. The predicted octanol–water partition coefficient (Wildman–Crippen LogP) is 2.70. The van der Waals surface area contributed by atoms with Crippen LogP contribution in [-0.4, -0.2) is 48.1 Å². The lowest BCUT2D eigenvalue weighted by Crippen LogP contribution is -2.27. The quantitative estimate of drug-likeness (QED) is 0.843. The Bertz CT molecular complexity index is 417. The van der Waals surface area contributed by atoms with Crippen LogP contribution in [0.1, 0.15) is 51.1 Å². The van der Waals surface area contributed by atoms with Gasteiger partial charge in [-0.25, -0.2) is 0 Å². The summed E-state index contributed by atoms with van der Waals surface area (Å²) >= 11 is 0. The number of carbonyl (C=O) groups is 1. The topological polar surface area (TPSA) is 75.5 Å². The largest absolute Gasteiger partial charge is 0.483 e. The molecule has 0 aliphatic carbocycles. The van der Waals surface area contributed by atoms with Crippen molar-refractivity contribution in [1.82, 2.24) is 10.2 Å². The Labute approximate surface area is 132 Å². The molecule has 0 bridgehead atoms. The Morgan fingerprint density at radius 1 is 1.41 bits per heavy atom. The molecule has 124 valence electrons. The molecule has 6 heteroatoms. The Kier molecular flexibility index (Phi) is 8.43. The van der Waals surface area contributed by atoms with Crippen LogP contribution in [0.3, 0.4) is 0 Å². The van der Waals surface area contributed by atoms with E-state index in [9.17, 15) is 0 Å². The van der Waals surface area contributed by atoms with Crippen LogP contribution >= 0.6 is 0 Å². The normalized spacial score (nSPS) is 17.5. The predicted molar refractivity (Wildman–Crippen MR) is 86.3 cm³/mol. The Morgan fingerprint density at radius 3 is 2.64 bits per heavy atom. The number of aromatic nitrogens is 2. The molecular weight excluding hydrogens is 282 g/mol. The third-order valence-corrected chi connectivity index (χ3v) is 3.71. The zero-order valence-electron chi connectivity index (χ0n) is 13.7. The van der Waals surface area contributed by atoms with Crippen LogP contribution in [0.15, 0.2) is 12.1 Å². The van der Waals surface area contributed by atoms with Crippen LogP contribution in [-0.2, 0) is 9.53 Å². The van der Waals surface area contributed by atoms with Gasteiger partial charge in [-0.15, -0.1) is 5.10 Å². The second-order valence-corrected chi connectivity index (χ2v) is 5.78. The smallest absolute Gasteiger partial charge is 0.290 e. The van der Waals surface area contributed by atoms with Crippen LogP contribution in [0, 0.1) is 0 Å². The van der Waals surface area contributed by atoms with Gasteiger partial charge in [-0.05, 0) is 43.7 Å². The van der Waals surface area contributed by atoms with Crippen molar-refractivity contribution in [2.45, 2.75) is 51.6 Å². The highest BCUT2D eigenvalue weighted by Gasteiger charge is 2.15. The molecule has 1 unspecified atom stereocenters. The van der Waals surface area contributed by atoms with Crippen molar-refractivity contribution < 1.29 is 14.6 Å². The van der Waals surface area contributed by atoms with Crippen LogP contribution in [0.25, 0.3) is 0 Å². The Balaban J connectivity index is 0.000000745. The Hall–Kier alpha value is -1.69. The van der Waals surface area contributed by atoms with Gasteiger partial charge in [0.2, 0.25) is 0 Å². The van der Waals surface area contributed by atoms with E-state index in [0.29, 0.717) is 12.0 Å². The molecule has 0 spiro atoms. The van der Waals surface area contributed by atoms with Gasteiger partial charge in [0.1, 0.15) is 0 Å². The Morgan fingerprint density at radius 2 is 2.14 bits per heavy atom. The van der Waals surface area contributed by atoms with E-state index in [1.165, 1.54) is 19.3 Å². The van der Waals surface area contributed by atoms with Gasteiger partial charge in [-0.3, -0.25) is 4.79 Å². The van der Waals surface area contributed by atoms with Gasteiger partial charge in [0, 0.05) is 20.2 Å². The summed E-state index contributed by atoms with van der Waals surface area (Å²) in [6.07, 6.45) is 5.22. The zero-order valence-corrected chi connectivity index (χ0v) is 13.7. The summed E-state index contributed by atoms with van der Waals surface area (Å²) in [5, 5.41) is 15.5. The monoisotopic (exact) mass is 309 g/mol. The van der Waals surface area contributed by atoms with Crippen LogP contribution in [0.4, 0.5) is 5.82 Å². The minimum atomic E-state index is -0.250. The van der Waals surface area contributed by atoms with Gasteiger partial charge in [0.15, 0.2) is 5.82 Å². The fourth-order valence-corrected chi connectivity index (χ4v) is 2.33. The number of nitrogens with zero attached hydrogens (tertiary/aromatic N) is 3. The van der Waals surface area contributed by atoms with Crippen LogP contribution in [0.5, 0.6) is 0 Å². The molecule has 1 aromatic heterocycles. The third-order valence-electron chi connectivity index (χ3n) is 3.71. The highest BCUT2D eigenvalue weighted by Crippen LogP contribution is 2.18. The first kappa shape index (κ1) is 18.4. The summed E-state index contributed by atoms with van der Waals surface area (Å²) in [6.45, 7) is 5.92. The van der Waals surface area contributed by atoms with E-state index in [1.54, 1.807) is 0 Å². The number of rotatable bonds is 5. The molecule has 1 aliphatic rings. The number of carboxylic acid groups (broad SMARTS) is 1. The zero-order chi connectivity index (χ0) is 16.4. The first-order valence-electron chi connectivity index (χ1n) is 7.82. The molecule has 0 saturated carbocycles. The van der Waals surface area contributed by atoms with E-state index in [0.717, 1.165) is 31.1 Å². The van der Waals surface area contributed by atoms with E-state index < -0.39 is 0 Å². The van der Waals surface area contributed by atoms with E-state index in [-0.39, 0.29) is 6.47 Å². The van der Waals surface area contributed by atoms with Crippen molar-refractivity contribution in [3.05, 3.63) is 17.8 Å². The van der Waals surface area contributed by atoms with Gasteiger partial charge < -0.3 is 14.7 Å². The minimum Gasteiger partial charge on any atom is -0.483 e. The molecule has 1 N–H and O–H groups in total. The van der Waals surface area contributed by atoms with E-state index >= 15 is 0 Å². The molecule has 0 aromatic carbocycles. The van der Waals surface area contributed by atoms with Crippen molar-refractivity contribution in [1.29, 1.82) is 0 Å². The van der Waals surface area contributed by atoms with Gasteiger partial charge >= 0.3 is 0 Å². The van der Waals surface area contributed by atoms with Crippen LogP contribution in [0.2, 0.25) is 0 Å². The van der Waals surface area contributed by atoms with Gasteiger partial charge in [0.25, 0.3) is 6.47 Å². The maximum atomic E-state index is 8.36. The lowest BCUT2D eigenvalue weighted by Gasteiger charge is -2.25. The molecule has 0 amide bonds. The van der Waals surface area contributed by atoms with Crippen molar-refractivity contribution in [2.24, 2.45) is 0 Å². The molecule has 0 radical (unpaired) electrons. The molecule has 6 nitrogen and oxygen atoms in total. The summed E-state index contributed by atoms with van der Waals surface area (Å²) in [5.74, 6) is 1.38. The SMILES string of the molecule is CC(C)c1ccc(N(C)CCC2CCCCO2)nn1.O=CO. The maximum Gasteiger partial charge on any atom is 0.290 e. The second kappa shape index (κ2) is 10.1. The molecule has 2 rings (SSSR count). The molecule has 2 heterocycles. The highest BCUT2D eigenvalue weighted by molar-refractivity contribution is 5.36. The van der Waals surface area contributed by atoms with E-state index in [2.05, 4.69) is 48.1 Å². The minimum absolute atomic E-state index is 0.250. The lowest BCUT2D eigenvalue weighted by atomic mass is 10.1. The molecule has 22 heavy (non-hydrogen) atoms. The van der Waals surface area contributed by atoms with E-state index in [1.807, 2.05) is 0 Å². The summed E-state index contributed by atoms with van der Waals surface area (Å²) < 4.78 is 5.75. The number of hydrogen-bond acceptors (Lipinski definition) is 5. The summed E-state index contributed by atoms with van der Waals surface area (Å²) in [6, 6.07) is 4.13. The molecule has 1 fully saturated rings. The third kappa shape index (κ3) is 6.39. The molecule has 1 aromatic rings. The summed E-state index contributed by atoms with van der Waals surface area (Å²) in [4.78, 5) is 10.5.